The van der Waals surface area contributed by atoms with Gasteiger partial charge in [-0.1, -0.05) is 33.6 Å². The van der Waals surface area contributed by atoms with Crippen LogP contribution < -0.4 is 0 Å². The largest absolute Gasteiger partial charge is 0.480 e. The molecule has 1 atom stereocenters. The summed E-state index contributed by atoms with van der Waals surface area (Å²) in [7, 11) is 0. The van der Waals surface area contributed by atoms with E-state index in [4.69, 9.17) is 0 Å². The van der Waals surface area contributed by atoms with Crippen LogP contribution >= 0.6 is 0 Å². The SMILES string of the molecule is CCCCC(C(=O)O)N(CCC)CCC. The van der Waals surface area contributed by atoms with Crippen molar-refractivity contribution in [1.82, 2.24) is 4.90 Å². The van der Waals surface area contributed by atoms with Crippen molar-refractivity contribution in [2.75, 3.05) is 13.1 Å². The minimum atomic E-state index is -0.662. The van der Waals surface area contributed by atoms with E-state index in [1.54, 1.807) is 0 Å². The molecule has 0 amide bonds. The molecule has 0 aromatic heterocycles. The zero-order chi connectivity index (χ0) is 11.7. The topological polar surface area (TPSA) is 40.5 Å². The normalized spacial score (nSPS) is 13.1. The fraction of sp³-hybridized carbons (Fsp3) is 0.917. The number of carbonyl (C=O) groups is 1. The number of unbranched alkanes of at least 4 members (excludes halogenated alkanes) is 1. The fourth-order valence-corrected chi connectivity index (χ4v) is 1.86. The monoisotopic (exact) mass is 215 g/mol. The highest BCUT2D eigenvalue weighted by molar-refractivity contribution is 5.73. The molecule has 0 saturated heterocycles. The zero-order valence-electron chi connectivity index (χ0n) is 10.3. The fourth-order valence-electron chi connectivity index (χ4n) is 1.86. The van der Waals surface area contributed by atoms with E-state index in [-0.39, 0.29) is 6.04 Å². The van der Waals surface area contributed by atoms with E-state index in [2.05, 4.69) is 25.7 Å². The van der Waals surface area contributed by atoms with Crippen molar-refractivity contribution in [2.45, 2.75) is 58.9 Å². The highest BCUT2D eigenvalue weighted by atomic mass is 16.4. The minimum absolute atomic E-state index is 0.273. The molecule has 0 aliphatic carbocycles. The molecule has 0 rings (SSSR count). The molecule has 0 spiro atoms. The Balaban J connectivity index is 4.30. The van der Waals surface area contributed by atoms with Gasteiger partial charge in [0.2, 0.25) is 0 Å². The van der Waals surface area contributed by atoms with Crippen LogP contribution in [0.25, 0.3) is 0 Å². The molecule has 15 heavy (non-hydrogen) atoms. The molecule has 0 bridgehead atoms. The summed E-state index contributed by atoms with van der Waals surface area (Å²) >= 11 is 0. The Morgan fingerprint density at radius 1 is 1.13 bits per heavy atom. The molecule has 3 nitrogen and oxygen atoms in total. The molecule has 90 valence electrons. The Morgan fingerprint density at radius 2 is 1.67 bits per heavy atom. The second kappa shape index (κ2) is 8.72. The maximum absolute atomic E-state index is 11.2. The maximum Gasteiger partial charge on any atom is 0.320 e. The van der Waals surface area contributed by atoms with Crippen molar-refractivity contribution >= 4 is 5.97 Å². The minimum Gasteiger partial charge on any atom is -0.480 e. The second-order valence-electron chi connectivity index (χ2n) is 4.03. The summed E-state index contributed by atoms with van der Waals surface area (Å²) < 4.78 is 0. The molecule has 0 aliphatic rings. The molecule has 1 N–H and O–H groups in total. The molecule has 0 saturated carbocycles. The van der Waals surface area contributed by atoms with Gasteiger partial charge in [0, 0.05) is 0 Å². The van der Waals surface area contributed by atoms with Gasteiger partial charge in [-0.25, -0.2) is 0 Å². The number of hydrogen-bond acceptors (Lipinski definition) is 2. The molecule has 0 fully saturated rings. The van der Waals surface area contributed by atoms with E-state index in [0.29, 0.717) is 0 Å². The van der Waals surface area contributed by atoms with E-state index >= 15 is 0 Å². The van der Waals surface area contributed by atoms with Crippen molar-refractivity contribution in [3.8, 4) is 0 Å². The second-order valence-corrected chi connectivity index (χ2v) is 4.03. The van der Waals surface area contributed by atoms with E-state index < -0.39 is 5.97 Å². The average Bonchev–Trinajstić information content (AvgIpc) is 2.18. The summed E-state index contributed by atoms with van der Waals surface area (Å²) in [5.74, 6) is -0.662. The third-order valence-corrected chi connectivity index (χ3v) is 2.58. The van der Waals surface area contributed by atoms with Gasteiger partial charge in [0.05, 0.1) is 0 Å². The Labute approximate surface area is 93.5 Å². The van der Waals surface area contributed by atoms with Gasteiger partial charge in [0.15, 0.2) is 0 Å². The predicted molar refractivity (Wildman–Crippen MR) is 63.1 cm³/mol. The van der Waals surface area contributed by atoms with Crippen LogP contribution in [0.15, 0.2) is 0 Å². The number of hydrogen-bond donors (Lipinski definition) is 1. The third-order valence-electron chi connectivity index (χ3n) is 2.58. The van der Waals surface area contributed by atoms with Crippen LogP contribution in [0, 0.1) is 0 Å². The molecular formula is C12H25NO2. The van der Waals surface area contributed by atoms with E-state index in [1.807, 2.05) is 0 Å². The molecule has 0 radical (unpaired) electrons. The molecule has 0 aliphatic heterocycles. The van der Waals surface area contributed by atoms with Gasteiger partial charge in [-0.15, -0.1) is 0 Å². The molecule has 0 aromatic rings. The van der Waals surface area contributed by atoms with Crippen molar-refractivity contribution in [3.05, 3.63) is 0 Å². The van der Waals surface area contributed by atoms with Gasteiger partial charge in [-0.05, 0) is 32.4 Å². The smallest absolute Gasteiger partial charge is 0.320 e. The zero-order valence-corrected chi connectivity index (χ0v) is 10.3. The highest BCUT2D eigenvalue weighted by Crippen LogP contribution is 2.10. The quantitative estimate of drug-likeness (QED) is 0.643. The molecule has 3 heteroatoms. The van der Waals surface area contributed by atoms with E-state index in [0.717, 1.165) is 45.2 Å². The lowest BCUT2D eigenvalue weighted by molar-refractivity contribution is -0.143. The van der Waals surface area contributed by atoms with Crippen molar-refractivity contribution in [2.24, 2.45) is 0 Å². The lowest BCUT2D eigenvalue weighted by Gasteiger charge is -2.28. The number of rotatable bonds is 9. The number of nitrogens with zero attached hydrogens (tertiary/aromatic N) is 1. The van der Waals surface area contributed by atoms with Crippen molar-refractivity contribution in [3.63, 3.8) is 0 Å². The summed E-state index contributed by atoms with van der Waals surface area (Å²) in [5, 5.41) is 9.18. The van der Waals surface area contributed by atoms with Crippen LogP contribution in [0.4, 0.5) is 0 Å². The van der Waals surface area contributed by atoms with E-state index in [9.17, 15) is 9.90 Å². The lowest BCUT2D eigenvalue weighted by atomic mass is 10.1. The Kier molecular flexibility index (Phi) is 8.38. The van der Waals surface area contributed by atoms with Crippen LogP contribution in [0.1, 0.15) is 52.9 Å². The van der Waals surface area contributed by atoms with Gasteiger partial charge >= 0.3 is 5.97 Å². The predicted octanol–water partition coefficient (Wildman–Crippen LogP) is 2.75. The standard InChI is InChI=1S/C12H25NO2/c1-4-7-8-11(12(14)15)13(9-5-2)10-6-3/h11H,4-10H2,1-3H3,(H,14,15). The van der Waals surface area contributed by atoms with Crippen LogP contribution in [0.5, 0.6) is 0 Å². The van der Waals surface area contributed by atoms with Crippen LogP contribution in [-0.4, -0.2) is 35.1 Å². The Morgan fingerprint density at radius 3 is 2.00 bits per heavy atom. The lowest BCUT2D eigenvalue weighted by Crippen LogP contribution is -2.42. The summed E-state index contributed by atoms with van der Waals surface area (Å²) in [5.41, 5.74) is 0. The first-order valence-electron chi connectivity index (χ1n) is 6.14. The molecule has 1 unspecified atom stereocenters. The summed E-state index contributed by atoms with van der Waals surface area (Å²) in [4.78, 5) is 13.3. The number of aliphatic carboxylic acids is 1. The summed E-state index contributed by atoms with van der Waals surface area (Å²) in [6, 6.07) is -0.273. The van der Waals surface area contributed by atoms with E-state index in [1.165, 1.54) is 0 Å². The third kappa shape index (κ3) is 5.78. The van der Waals surface area contributed by atoms with Crippen LogP contribution in [0.2, 0.25) is 0 Å². The van der Waals surface area contributed by atoms with Crippen LogP contribution in [-0.2, 0) is 4.79 Å². The average molecular weight is 215 g/mol. The van der Waals surface area contributed by atoms with Crippen molar-refractivity contribution < 1.29 is 9.90 Å². The Bertz CT molecular complexity index is 165. The molecule has 0 heterocycles. The number of carboxylic acids is 1. The van der Waals surface area contributed by atoms with Gasteiger partial charge in [0.25, 0.3) is 0 Å². The van der Waals surface area contributed by atoms with Crippen molar-refractivity contribution in [1.29, 1.82) is 0 Å². The number of carboxylic acid groups (broad SMARTS) is 1. The first kappa shape index (κ1) is 14.4. The molecule has 0 aromatic carbocycles. The van der Waals surface area contributed by atoms with Gasteiger partial charge in [-0.2, -0.15) is 0 Å². The summed E-state index contributed by atoms with van der Waals surface area (Å²) in [6.07, 6.45) is 4.90. The highest BCUT2D eigenvalue weighted by Gasteiger charge is 2.23. The Hall–Kier alpha value is -0.570. The first-order valence-corrected chi connectivity index (χ1v) is 6.14. The summed E-state index contributed by atoms with van der Waals surface area (Å²) in [6.45, 7) is 8.09. The van der Waals surface area contributed by atoms with Gasteiger partial charge in [0.1, 0.15) is 6.04 Å². The van der Waals surface area contributed by atoms with Crippen LogP contribution in [0.3, 0.4) is 0 Å². The van der Waals surface area contributed by atoms with Gasteiger partial charge < -0.3 is 5.11 Å². The maximum atomic E-state index is 11.2. The first-order chi connectivity index (χ1) is 7.17. The molecular weight excluding hydrogens is 190 g/mol. The van der Waals surface area contributed by atoms with Gasteiger partial charge in [-0.3, -0.25) is 9.69 Å².